The Hall–Kier alpha value is -2.90. The zero-order chi connectivity index (χ0) is 19.6. The molecule has 0 unspecified atom stereocenters. The molecule has 146 valence electrons. The van der Waals surface area contributed by atoms with Crippen LogP contribution in [0.4, 0.5) is 8.78 Å². The van der Waals surface area contributed by atoms with Gasteiger partial charge in [-0.25, -0.2) is 4.98 Å². The first-order valence-electron chi connectivity index (χ1n) is 8.59. The molecule has 8 heteroatoms. The summed E-state index contributed by atoms with van der Waals surface area (Å²) in [5.41, 5.74) is 2.46. The van der Waals surface area contributed by atoms with Crippen LogP contribution in [0.2, 0.25) is 0 Å². The molecule has 0 radical (unpaired) electrons. The standard InChI is InChI=1S/C19H24F2N4O2/c1-4-26-17-14(6-5-9-23-17)11-24-19(22-3)25-12-15-10-13(2)7-8-16(15)27-18(20)21/h5-10,18H,4,11-12H2,1-3H3,(H2,22,24,25). The number of alkyl halides is 2. The van der Waals surface area contributed by atoms with Gasteiger partial charge in [-0.3, -0.25) is 4.99 Å². The average molecular weight is 378 g/mol. The maximum Gasteiger partial charge on any atom is 0.387 e. The summed E-state index contributed by atoms with van der Waals surface area (Å²) in [4.78, 5) is 8.36. The number of aliphatic imine (C=N–C) groups is 1. The number of hydrogen-bond acceptors (Lipinski definition) is 4. The second-order valence-electron chi connectivity index (χ2n) is 5.67. The number of ether oxygens (including phenoxy) is 2. The summed E-state index contributed by atoms with van der Waals surface area (Å²) in [6.07, 6.45) is 1.67. The number of benzene rings is 1. The van der Waals surface area contributed by atoms with Crippen LogP contribution in [0.25, 0.3) is 0 Å². The van der Waals surface area contributed by atoms with Crippen molar-refractivity contribution in [2.75, 3.05) is 13.7 Å². The van der Waals surface area contributed by atoms with E-state index in [1.807, 2.05) is 26.0 Å². The Kier molecular flexibility index (Phi) is 7.79. The monoisotopic (exact) mass is 378 g/mol. The Morgan fingerprint density at radius 2 is 1.93 bits per heavy atom. The normalized spacial score (nSPS) is 11.4. The van der Waals surface area contributed by atoms with E-state index in [2.05, 4.69) is 25.3 Å². The smallest absolute Gasteiger partial charge is 0.387 e. The molecule has 0 saturated heterocycles. The number of nitrogens with one attached hydrogen (secondary N) is 2. The van der Waals surface area contributed by atoms with E-state index >= 15 is 0 Å². The first-order chi connectivity index (χ1) is 13.0. The number of hydrogen-bond donors (Lipinski definition) is 2. The second-order valence-corrected chi connectivity index (χ2v) is 5.67. The maximum atomic E-state index is 12.6. The summed E-state index contributed by atoms with van der Waals surface area (Å²) in [6.45, 7) is 2.18. The van der Waals surface area contributed by atoms with Gasteiger partial charge in [0.1, 0.15) is 5.75 Å². The quantitative estimate of drug-likeness (QED) is 0.545. The van der Waals surface area contributed by atoms with Crippen LogP contribution in [0.1, 0.15) is 23.6 Å². The van der Waals surface area contributed by atoms with Gasteiger partial charge in [0.15, 0.2) is 5.96 Å². The Morgan fingerprint density at radius 3 is 2.59 bits per heavy atom. The molecule has 0 aliphatic heterocycles. The van der Waals surface area contributed by atoms with Crippen LogP contribution in [0.15, 0.2) is 41.5 Å². The highest BCUT2D eigenvalue weighted by atomic mass is 19.3. The number of aryl methyl sites for hydroxylation is 1. The molecule has 2 rings (SSSR count). The van der Waals surface area contributed by atoms with Crippen LogP contribution < -0.4 is 20.1 Å². The molecule has 6 nitrogen and oxygen atoms in total. The zero-order valence-electron chi connectivity index (χ0n) is 15.6. The largest absolute Gasteiger partial charge is 0.478 e. The highest BCUT2D eigenvalue weighted by Gasteiger charge is 2.11. The molecule has 1 aromatic heterocycles. The maximum absolute atomic E-state index is 12.6. The van der Waals surface area contributed by atoms with Crippen molar-refractivity contribution in [3.05, 3.63) is 53.2 Å². The molecule has 0 aliphatic carbocycles. The summed E-state index contributed by atoms with van der Waals surface area (Å²) in [5.74, 6) is 1.23. The van der Waals surface area contributed by atoms with E-state index < -0.39 is 6.61 Å². The Morgan fingerprint density at radius 1 is 1.19 bits per heavy atom. The van der Waals surface area contributed by atoms with Crippen LogP contribution in [-0.4, -0.2) is 31.2 Å². The Bertz CT molecular complexity index is 769. The van der Waals surface area contributed by atoms with Crippen molar-refractivity contribution >= 4 is 5.96 Å². The summed E-state index contributed by atoms with van der Waals surface area (Å²) in [5, 5.41) is 6.26. The molecule has 0 bridgehead atoms. The first-order valence-corrected chi connectivity index (χ1v) is 8.59. The van der Waals surface area contributed by atoms with E-state index in [0.29, 0.717) is 30.6 Å². The number of rotatable bonds is 8. The van der Waals surface area contributed by atoms with Crippen LogP contribution in [0.3, 0.4) is 0 Å². The van der Waals surface area contributed by atoms with Crippen LogP contribution in [0, 0.1) is 6.92 Å². The minimum atomic E-state index is -2.87. The van der Waals surface area contributed by atoms with Crippen molar-refractivity contribution in [3.8, 4) is 11.6 Å². The van der Waals surface area contributed by atoms with Gasteiger partial charge in [-0.15, -0.1) is 0 Å². The lowest BCUT2D eigenvalue weighted by atomic mass is 10.1. The molecule has 2 N–H and O–H groups in total. The van der Waals surface area contributed by atoms with E-state index in [0.717, 1.165) is 11.1 Å². The molecule has 0 aliphatic rings. The topological polar surface area (TPSA) is 67.8 Å². The van der Waals surface area contributed by atoms with E-state index in [4.69, 9.17) is 4.74 Å². The molecule has 0 atom stereocenters. The first kappa shape index (κ1) is 20.4. The highest BCUT2D eigenvalue weighted by Crippen LogP contribution is 2.22. The number of nitrogens with zero attached hydrogens (tertiary/aromatic N) is 2. The second kappa shape index (κ2) is 10.3. The van der Waals surface area contributed by atoms with E-state index in [1.54, 1.807) is 31.4 Å². The van der Waals surface area contributed by atoms with Crippen molar-refractivity contribution in [2.24, 2.45) is 4.99 Å². The van der Waals surface area contributed by atoms with Crippen molar-refractivity contribution in [3.63, 3.8) is 0 Å². The minimum absolute atomic E-state index is 0.143. The van der Waals surface area contributed by atoms with Crippen LogP contribution in [0.5, 0.6) is 11.6 Å². The SMILES string of the molecule is CCOc1ncccc1CNC(=NC)NCc1cc(C)ccc1OC(F)F. The average Bonchev–Trinajstić information content (AvgIpc) is 2.65. The fraction of sp³-hybridized carbons (Fsp3) is 0.368. The fourth-order valence-electron chi connectivity index (χ4n) is 2.46. The third kappa shape index (κ3) is 6.40. The summed E-state index contributed by atoms with van der Waals surface area (Å²) >= 11 is 0. The van der Waals surface area contributed by atoms with Gasteiger partial charge in [-0.05, 0) is 26.0 Å². The van der Waals surface area contributed by atoms with Crippen LogP contribution >= 0.6 is 0 Å². The minimum Gasteiger partial charge on any atom is -0.478 e. The lowest BCUT2D eigenvalue weighted by Crippen LogP contribution is -2.36. The Balaban J connectivity index is 2.00. The molecule has 0 spiro atoms. The van der Waals surface area contributed by atoms with Gasteiger partial charge in [0.25, 0.3) is 0 Å². The van der Waals surface area contributed by atoms with Crippen molar-refractivity contribution in [1.82, 2.24) is 15.6 Å². The molecule has 27 heavy (non-hydrogen) atoms. The summed E-state index contributed by atoms with van der Waals surface area (Å²) in [6, 6.07) is 8.81. The zero-order valence-corrected chi connectivity index (χ0v) is 15.6. The molecular weight excluding hydrogens is 354 g/mol. The molecular formula is C19H24F2N4O2. The van der Waals surface area contributed by atoms with E-state index in [-0.39, 0.29) is 12.3 Å². The molecule has 2 aromatic rings. The molecule has 0 fully saturated rings. The van der Waals surface area contributed by atoms with Gasteiger partial charge in [0.05, 0.1) is 6.61 Å². The fourth-order valence-corrected chi connectivity index (χ4v) is 2.46. The third-order valence-electron chi connectivity index (χ3n) is 3.68. The van der Waals surface area contributed by atoms with Crippen molar-refractivity contribution in [2.45, 2.75) is 33.5 Å². The van der Waals surface area contributed by atoms with Gasteiger partial charge >= 0.3 is 6.61 Å². The summed E-state index contributed by atoms with van der Waals surface area (Å²) < 4.78 is 35.2. The molecule has 0 amide bonds. The Labute approximate surface area is 157 Å². The van der Waals surface area contributed by atoms with Gasteiger partial charge in [0, 0.05) is 37.5 Å². The van der Waals surface area contributed by atoms with E-state index in [9.17, 15) is 8.78 Å². The predicted octanol–water partition coefficient (Wildman–Crippen LogP) is 3.26. The van der Waals surface area contributed by atoms with Crippen LogP contribution in [-0.2, 0) is 13.1 Å². The third-order valence-corrected chi connectivity index (χ3v) is 3.68. The predicted molar refractivity (Wildman–Crippen MR) is 100 cm³/mol. The highest BCUT2D eigenvalue weighted by molar-refractivity contribution is 5.79. The number of aromatic nitrogens is 1. The van der Waals surface area contributed by atoms with Crippen molar-refractivity contribution in [1.29, 1.82) is 0 Å². The molecule has 0 saturated carbocycles. The van der Waals surface area contributed by atoms with Gasteiger partial charge in [-0.1, -0.05) is 23.8 Å². The lowest BCUT2D eigenvalue weighted by Gasteiger charge is -2.16. The summed E-state index contributed by atoms with van der Waals surface area (Å²) in [7, 11) is 1.63. The molecule has 1 aromatic carbocycles. The lowest BCUT2D eigenvalue weighted by molar-refractivity contribution is -0.0504. The van der Waals surface area contributed by atoms with Gasteiger partial charge in [0.2, 0.25) is 5.88 Å². The number of pyridine rings is 1. The van der Waals surface area contributed by atoms with Gasteiger partial charge in [-0.2, -0.15) is 8.78 Å². The van der Waals surface area contributed by atoms with E-state index in [1.165, 1.54) is 0 Å². The van der Waals surface area contributed by atoms with Crippen molar-refractivity contribution < 1.29 is 18.3 Å². The molecule has 1 heterocycles. The number of halogens is 2. The van der Waals surface area contributed by atoms with Gasteiger partial charge < -0.3 is 20.1 Å². The number of guanidine groups is 1.